The predicted molar refractivity (Wildman–Crippen MR) is 173 cm³/mol. The van der Waals surface area contributed by atoms with Crippen molar-refractivity contribution in [3.05, 3.63) is 71.8 Å². The molecule has 1 saturated carbocycles. The molecular formula is C35H39FN4O4S. The van der Waals surface area contributed by atoms with E-state index < -0.39 is 11.8 Å². The van der Waals surface area contributed by atoms with E-state index >= 15 is 0 Å². The van der Waals surface area contributed by atoms with Gasteiger partial charge in [-0.25, -0.2) is 4.39 Å². The summed E-state index contributed by atoms with van der Waals surface area (Å²) in [6.45, 7) is 5.94. The van der Waals surface area contributed by atoms with Crippen molar-refractivity contribution < 1.29 is 23.8 Å². The molecule has 0 bridgehead atoms. The van der Waals surface area contributed by atoms with Crippen LogP contribution in [0.4, 0.5) is 4.39 Å². The highest BCUT2D eigenvalue weighted by atomic mass is 32.1. The molecule has 1 aliphatic heterocycles. The van der Waals surface area contributed by atoms with Crippen molar-refractivity contribution in [3.63, 3.8) is 0 Å². The Labute approximate surface area is 266 Å². The van der Waals surface area contributed by atoms with Gasteiger partial charge in [-0.3, -0.25) is 24.5 Å². The SMILES string of the molecule is O=C(O)CCCCCN1CCN(Cc2ccc(-c3cc4nccc(Oc5ccc(CC(=O)CC6CC6)cc5F)c4s3)nc2)CC1. The first-order valence-electron chi connectivity index (χ1n) is 15.9. The minimum atomic E-state index is -0.712. The number of rotatable bonds is 15. The number of carboxylic acid groups (broad SMARTS) is 1. The lowest BCUT2D eigenvalue weighted by Gasteiger charge is -2.34. The maximum atomic E-state index is 15.0. The van der Waals surface area contributed by atoms with Gasteiger partial charge in [0.05, 0.1) is 20.8 Å². The van der Waals surface area contributed by atoms with E-state index in [2.05, 4.69) is 20.9 Å². The van der Waals surface area contributed by atoms with Gasteiger partial charge in [-0.05, 0) is 73.5 Å². The van der Waals surface area contributed by atoms with Crippen molar-refractivity contribution >= 4 is 33.3 Å². The first-order chi connectivity index (χ1) is 21.9. The average Bonchev–Trinajstić information content (AvgIpc) is 3.73. The minimum absolute atomic E-state index is 0.120. The highest BCUT2D eigenvalue weighted by molar-refractivity contribution is 7.22. The number of halogens is 1. The Morgan fingerprint density at radius 3 is 2.47 bits per heavy atom. The number of hydrogen-bond donors (Lipinski definition) is 1. The number of ketones is 1. The number of carbonyl (C=O) groups excluding carboxylic acids is 1. The molecule has 0 amide bonds. The van der Waals surface area contributed by atoms with Gasteiger partial charge in [0.2, 0.25) is 0 Å². The topological polar surface area (TPSA) is 95.9 Å². The van der Waals surface area contributed by atoms with Crippen LogP contribution < -0.4 is 4.74 Å². The predicted octanol–water partition coefficient (Wildman–Crippen LogP) is 6.96. The van der Waals surface area contributed by atoms with Gasteiger partial charge in [-0.1, -0.05) is 18.6 Å². The highest BCUT2D eigenvalue weighted by Gasteiger charge is 2.24. The van der Waals surface area contributed by atoms with Crippen LogP contribution in [0.1, 0.15) is 56.1 Å². The van der Waals surface area contributed by atoms with Gasteiger partial charge in [-0.15, -0.1) is 11.3 Å². The molecule has 1 aromatic carbocycles. The van der Waals surface area contributed by atoms with E-state index in [1.165, 1.54) is 17.4 Å². The summed E-state index contributed by atoms with van der Waals surface area (Å²) >= 11 is 1.52. The zero-order valence-corrected chi connectivity index (χ0v) is 26.2. The lowest BCUT2D eigenvalue weighted by molar-refractivity contribution is -0.137. The van der Waals surface area contributed by atoms with Crippen molar-refractivity contribution in [1.82, 2.24) is 19.8 Å². The fourth-order valence-corrected chi connectivity index (χ4v) is 6.84. The van der Waals surface area contributed by atoms with E-state index in [4.69, 9.17) is 14.8 Å². The van der Waals surface area contributed by atoms with Gasteiger partial charge in [-0.2, -0.15) is 0 Å². The number of thiophene rings is 1. The molecule has 45 heavy (non-hydrogen) atoms. The van der Waals surface area contributed by atoms with Crippen molar-refractivity contribution in [1.29, 1.82) is 0 Å². The number of aliphatic carboxylic acids is 1. The Morgan fingerprint density at radius 1 is 0.933 bits per heavy atom. The number of pyridine rings is 2. The maximum absolute atomic E-state index is 15.0. The third-order valence-electron chi connectivity index (χ3n) is 8.52. The maximum Gasteiger partial charge on any atom is 0.303 e. The summed E-state index contributed by atoms with van der Waals surface area (Å²) in [5.41, 5.74) is 3.45. The van der Waals surface area contributed by atoms with Crippen molar-refractivity contribution in [3.8, 4) is 22.1 Å². The molecular weight excluding hydrogens is 591 g/mol. The summed E-state index contributed by atoms with van der Waals surface area (Å²) in [6, 6.07) is 12.7. The Kier molecular flexibility index (Phi) is 10.1. The van der Waals surface area contributed by atoms with Crippen LogP contribution in [-0.2, 0) is 22.6 Å². The Balaban J connectivity index is 1.03. The number of carboxylic acids is 1. The van der Waals surface area contributed by atoms with Crippen LogP contribution in [0.15, 0.2) is 54.9 Å². The van der Waals surface area contributed by atoms with Crippen molar-refractivity contribution in [2.45, 2.75) is 57.9 Å². The molecule has 6 rings (SSSR count). The third kappa shape index (κ3) is 8.71. The number of piperazine rings is 1. The van der Waals surface area contributed by atoms with Crippen LogP contribution in [0, 0.1) is 11.7 Å². The monoisotopic (exact) mass is 630 g/mol. The van der Waals surface area contributed by atoms with E-state index in [1.54, 1.807) is 24.4 Å². The molecule has 1 aliphatic carbocycles. The standard InChI is InChI=1S/C35H39FN4O4S/c36-28-20-25(19-27(41)18-24-5-6-24)8-10-31(28)44-32-11-12-37-30-21-33(45-35(30)32)29-9-7-26(22-38-29)23-40-16-14-39(15-17-40)13-3-1-2-4-34(42)43/h7-12,20-22,24H,1-6,13-19,23H2,(H,42,43). The van der Waals surface area contributed by atoms with E-state index in [1.807, 2.05) is 18.3 Å². The fourth-order valence-electron chi connectivity index (χ4n) is 5.80. The van der Waals surface area contributed by atoms with E-state index in [9.17, 15) is 14.0 Å². The summed E-state index contributed by atoms with van der Waals surface area (Å²) < 4.78 is 21.8. The van der Waals surface area contributed by atoms with Crippen LogP contribution in [0.5, 0.6) is 11.5 Å². The van der Waals surface area contributed by atoms with Gasteiger partial charge in [0.15, 0.2) is 11.6 Å². The Bertz CT molecular complexity index is 1630. The lowest BCUT2D eigenvalue weighted by atomic mass is 10.0. The smallest absolute Gasteiger partial charge is 0.303 e. The number of nitrogens with zero attached hydrogens (tertiary/aromatic N) is 4. The second-order valence-corrected chi connectivity index (χ2v) is 13.3. The largest absolute Gasteiger partial charge is 0.481 e. The second kappa shape index (κ2) is 14.6. The number of hydrogen-bond acceptors (Lipinski definition) is 8. The van der Waals surface area contributed by atoms with Gasteiger partial charge in [0.1, 0.15) is 11.5 Å². The number of unbranched alkanes of at least 4 members (excludes halogenated alkanes) is 2. The van der Waals surface area contributed by atoms with Gasteiger partial charge in [0.25, 0.3) is 0 Å². The Hall–Kier alpha value is -3.73. The Morgan fingerprint density at radius 2 is 1.73 bits per heavy atom. The first-order valence-corrected chi connectivity index (χ1v) is 16.7. The number of ether oxygens (including phenoxy) is 1. The van der Waals surface area contributed by atoms with Crippen LogP contribution >= 0.6 is 11.3 Å². The molecule has 4 aromatic rings. The summed E-state index contributed by atoms with van der Waals surface area (Å²) in [7, 11) is 0. The average molecular weight is 631 g/mol. The molecule has 0 atom stereocenters. The summed E-state index contributed by atoms with van der Waals surface area (Å²) in [5.74, 6) is 0.137. The van der Waals surface area contributed by atoms with E-state index in [0.29, 0.717) is 23.7 Å². The zero-order chi connectivity index (χ0) is 31.2. The second-order valence-electron chi connectivity index (χ2n) is 12.2. The molecule has 0 radical (unpaired) electrons. The van der Waals surface area contributed by atoms with Crippen LogP contribution in [-0.4, -0.2) is 69.4 Å². The van der Waals surface area contributed by atoms with Gasteiger partial charge in [0, 0.05) is 70.4 Å². The summed E-state index contributed by atoms with van der Waals surface area (Å²) in [4.78, 5) is 38.0. The van der Waals surface area contributed by atoms with E-state index in [-0.39, 0.29) is 24.4 Å². The van der Waals surface area contributed by atoms with Crippen molar-refractivity contribution in [2.75, 3.05) is 32.7 Å². The van der Waals surface area contributed by atoms with E-state index in [0.717, 1.165) is 97.7 Å². The normalized spacial score (nSPS) is 15.8. The quantitative estimate of drug-likeness (QED) is 0.141. The van der Waals surface area contributed by atoms with Crippen LogP contribution in [0.3, 0.4) is 0 Å². The highest BCUT2D eigenvalue weighted by Crippen LogP contribution is 2.39. The third-order valence-corrected chi connectivity index (χ3v) is 9.68. The first kappa shape index (κ1) is 31.3. The van der Waals surface area contributed by atoms with Gasteiger partial charge < -0.3 is 14.7 Å². The molecule has 4 heterocycles. The fraction of sp³-hybridized carbons (Fsp3) is 0.429. The number of fused-ring (bicyclic) bond motifs is 1. The number of Topliss-reactive ketones (excluding diaryl/α,β-unsaturated/α-hetero) is 1. The molecule has 2 aliphatic rings. The number of aromatic nitrogens is 2. The number of benzene rings is 1. The molecule has 0 spiro atoms. The molecule has 10 heteroatoms. The molecule has 1 N–H and O–H groups in total. The molecule has 236 valence electrons. The lowest BCUT2D eigenvalue weighted by Crippen LogP contribution is -2.46. The minimum Gasteiger partial charge on any atom is -0.481 e. The van der Waals surface area contributed by atoms with Crippen molar-refractivity contribution in [2.24, 2.45) is 5.92 Å². The summed E-state index contributed by atoms with van der Waals surface area (Å²) in [6.07, 6.45) is 9.71. The molecule has 2 fully saturated rings. The summed E-state index contributed by atoms with van der Waals surface area (Å²) in [5, 5.41) is 8.77. The molecule has 0 unspecified atom stereocenters. The van der Waals surface area contributed by atoms with Crippen LogP contribution in [0.2, 0.25) is 0 Å². The molecule has 1 saturated heterocycles. The van der Waals surface area contributed by atoms with Crippen LogP contribution in [0.25, 0.3) is 20.8 Å². The number of carbonyl (C=O) groups is 2. The molecule has 8 nitrogen and oxygen atoms in total. The zero-order valence-electron chi connectivity index (χ0n) is 25.4. The van der Waals surface area contributed by atoms with Gasteiger partial charge >= 0.3 is 5.97 Å². The molecule has 3 aromatic heterocycles.